The van der Waals surface area contributed by atoms with Crippen molar-refractivity contribution in [1.29, 1.82) is 0 Å². The summed E-state index contributed by atoms with van der Waals surface area (Å²) in [6, 6.07) is 8.68. The first-order valence-electron chi connectivity index (χ1n) is 6.94. The van der Waals surface area contributed by atoms with Crippen molar-refractivity contribution in [3.8, 4) is 0 Å². The number of aliphatic hydroxyl groups is 1. The molecule has 0 spiro atoms. The third kappa shape index (κ3) is 3.24. The average Bonchev–Trinajstić information content (AvgIpc) is 2.39. The van der Waals surface area contributed by atoms with E-state index in [1.54, 1.807) is 0 Å². The molecule has 1 atom stereocenters. The van der Waals surface area contributed by atoms with Gasteiger partial charge in [0.05, 0.1) is 6.10 Å². The van der Waals surface area contributed by atoms with Gasteiger partial charge in [-0.3, -0.25) is 4.90 Å². The van der Waals surface area contributed by atoms with Gasteiger partial charge in [0.1, 0.15) is 0 Å². The summed E-state index contributed by atoms with van der Waals surface area (Å²) < 4.78 is 0. The smallest absolute Gasteiger partial charge is 0.0639 e. The van der Waals surface area contributed by atoms with Gasteiger partial charge in [0, 0.05) is 38.4 Å². The van der Waals surface area contributed by atoms with Crippen LogP contribution in [0.15, 0.2) is 24.3 Å². The number of hydrogen-bond donors (Lipinski definition) is 1. The van der Waals surface area contributed by atoms with Crippen molar-refractivity contribution < 1.29 is 5.11 Å². The van der Waals surface area contributed by atoms with Crippen LogP contribution in [0.5, 0.6) is 0 Å². The highest BCUT2D eigenvalue weighted by Crippen LogP contribution is 2.22. The maximum Gasteiger partial charge on any atom is 0.0639 e. The lowest BCUT2D eigenvalue weighted by atomic mass is 10.1. The number of aryl methyl sites for hydroxylation is 1. The monoisotopic (exact) mass is 248 g/mol. The number of para-hydroxylation sites is 1. The quantitative estimate of drug-likeness (QED) is 0.879. The summed E-state index contributed by atoms with van der Waals surface area (Å²) in [6.07, 6.45) is 0.865. The van der Waals surface area contributed by atoms with Gasteiger partial charge in [-0.05, 0) is 25.0 Å². The molecular formula is C15H24N2O. The molecule has 1 aromatic rings. The largest absolute Gasteiger partial charge is 0.392 e. The molecule has 3 heteroatoms. The Kier molecular flexibility index (Phi) is 4.61. The van der Waals surface area contributed by atoms with E-state index in [2.05, 4.69) is 41.0 Å². The molecule has 0 aromatic heterocycles. The Morgan fingerprint density at radius 2 is 1.83 bits per heavy atom. The first-order valence-corrected chi connectivity index (χ1v) is 6.94. The maximum atomic E-state index is 9.41. The van der Waals surface area contributed by atoms with E-state index in [9.17, 15) is 5.11 Å². The fourth-order valence-corrected chi connectivity index (χ4v) is 2.66. The highest BCUT2D eigenvalue weighted by atomic mass is 16.3. The van der Waals surface area contributed by atoms with Crippen LogP contribution in [-0.2, 0) is 6.42 Å². The van der Waals surface area contributed by atoms with Crippen LogP contribution in [-0.4, -0.2) is 48.8 Å². The molecule has 1 heterocycles. The number of piperazine rings is 1. The molecule has 1 N–H and O–H groups in total. The minimum absolute atomic E-state index is 0.223. The summed E-state index contributed by atoms with van der Waals surface area (Å²) in [5, 5.41) is 9.41. The van der Waals surface area contributed by atoms with Gasteiger partial charge in [-0.15, -0.1) is 0 Å². The van der Waals surface area contributed by atoms with Crippen molar-refractivity contribution in [2.24, 2.45) is 0 Å². The minimum Gasteiger partial charge on any atom is -0.392 e. The summed E-state index contributed by atoms with van der Waals surface area (Å²) in [6.45, 7) is 9.07. The summed E-state index contributed by atoms with van der Waals surface area (Å²) in [4.78, 5) is 4.81. The normalized spacial score (nSPS) is 18.9. The zero-order valence-corrected chi connectivity index (χ0v) is 11.5. The highest BCUT2D eigenvalue weighted by Gasteiger charge is 2.19. The molecular weight excluding hydrogens is 224 g/mol. The summed E-state index contributed by atoms with van der Waals surface area (Å²) >= 11 is 0. The lowest BCUT2D eigenvalue weighted by Crippen LogP contribution is -2.48. The molecule has 1 aromatic carbocycles. The van der Waals surface area contributed by atoms with E-state index in [1.165, 1.54) is 11.3 Å². The Labute approximate surface area is 110 Å². The number of anilines is 1. The average molecular weight is 248 g/mol. The Bertz CT molecular complexity index is 371. The molecule has 2 rings (SSSR count). The van der Waals surface area contributed by atoms with E-state index < -0.39 is 0 Å². The van der Waals surface area contributed by atoms with Crippen molar-refractivity contribution in [3.05, 3.63) is 29.8 Å². The molecule has 1 aliphatic heterocycles. The molecule has 3 nitrogen and oxygen atoms in total. The molecule has 1 fully saturated rings. The zero-order valence-electron chi connectivity index (χ0n) is 11.5. The second-order valence-electron chi connectivity index (χ2n) is 5.12. The molecule has 0 amide bonds. The third-order valence-electron chi connectivity index (χ3n) is 3.61. The lowest BCUT2D eigenvalue weighted by molar-refractivity contribution is 0.122. The molecule has 0 radical (unpaired) electrons. The van der Waals surface area contributed by atoms with Gasteiger partial charge in [0.25, 0.3) is 0 Å². The third-order valence-corrected chi connectivity index (χ3v) is 3.61. The van der Waals surface area contributed by atoms with Crippen LogP contribution in [0.4, 0.5) is 5.69 Å². The summed E-state index contributed by atoms with van der Waals surface area (Å²) in [5.74, 6) is 0. The summed E-state index contributed by atoms with van der Waals surface area (Å²) in [7, 11) is 0. The molecule has 1 unspecified atom stereocenters. The van der Waals surface area contributed by atoms with E-state index in [-0.39, 0.29) is 6.10 Å². The zero-order chi connectivity index (χ0) is 13.0. The van der Waals surface area contributed by atoms with E-state index in [0.717, 1.165) is 39.1 Å². The molecule has 100 valence electrons. The maximum absolute atomic E-state index is 9.41. The Morgan fingerprint density at radius 1 is 1.17 bits per heavy atom. The van der Waals surface area contributed by atoms with Crippen molar-refractivity contribution >= 4 is 5.69 Å². The molecule has 0 aliphatic carbocycles. The first-order chi connectivity index (χ1) is 8.70. The van der Waals surface area contributed by atoms with Gasteiger partial charge >= 0.3 is 0 Å². The number of rotatable bonds is 4. The molecule has 1 aliphatic rings. The molecule has 0 bridgehead atoms. The van der Waals surface area contributed by atoms with Crippen molar-refractivity contribution in [3.63, 3.8) is 0 Å². The second-order valence-corrected chi connectivity index (χ2v) is 5.12. The van der Waals surface area contributed by atoms with Crippen LogP contribution in [0.3, 0.4) is 0 Å². The van der Waals surface area contributed by atoms with Crippen LogP contribution in [0.1, 0.15) is 19.4 Å². The van der Waals surface area contributed by atoms with Crippen molar-refractivity contribution in [2.75, 3.05) is 37.6 Å². The number of benzene rings is 1. The fraction of sp³-hybridized carbons (Fsp3) is 0.600. The first kappa shape index (κ1) is 13.4. The highest BCUT2D eigenvalue weighted by molar-refractivity contribution is 5.54. The van der Waals surface area contributed by atoms with Crippen molar-refractivity contribution in [2.45, 2.75) is 26.4 Å². The van der Waals surface area contributed by atoms with E-state index in [4.69, 9.17) is 0 Å². The Balaban J connectivity index is 1.97. The Hall–Kier alpha value is -1.06. The molecule has 1 saturated heterocycles. The fourth-order valence-electron chi connectivity index (χ4n) is 2.66. The van der Waals surface area contributed by atoms with Gasteiger partial charge in [0.2, 0.25) is 0 Å². The minimum atomic E-state index is -0.223. The van der Waals surface area contributed by atoms with E-state index in [0.29, 0.717) is 0 Å². The number of β-amino-alcohol motifs (C(OH)–C–C–N with tert-alkyl or cyclic N) is 1. The van der Waals surface area contributed by atoms with Crippen LogP contribution in [0.2, 0.25) is 0 Å². The van der Waals surface area contributed by atoms with Crippen LogP contribution < -0.4 is 4.90 Å². The summed E-state index contributed by atoms with van der Waals surface area (Å²) in [5.41, 5.74) is 2.82. The van der Waals surface area contributed by atoms with Gasteiger partial charge < -0.3 is 10.0 Å². The predicted octanol–water partition coefficient (Wildman–Crippen LogP) is 1.75. The SMILES string of the molecule is CCc1ccccc1N1CCN(CC(C)O)CC1. The van der Waals surface area contributed by atoms with Crippen LogP contribution >= 0.6 is 0 Å². The van der Waals surface area contributed by atoms with Gasteiger partial charge in [0.15, 0.2) is 0 Å². The number of nitrogens with zero attached hydrogens (tertiary/aromatic N) is 2. The van der Waals surface area contributed by atoms with Gasteiger partial charge in [-0.25, -0.2) is 0 Å². The standard InChI is InChI=1S/C15H24N2O/c1-3-14-6-4-5-7-15(14)17-10-8-16(9-11-17)12-13(2)18/h4-7,13,18H,3,8-12H2,1-2H3. The Morgan fingerprint density at radius 3 is 2.44 bits per heavy atom. The van der Waals surface area contributed by atoms with E-state index in [1.807, 2.05) is 6.92 Å². The van der Waals surface area contributed by atoms with Gasteiger partial charge in [-0.2, -0.15) is 0 Å². The lowest BCUT2D eigenvalue weighted by Gasteiger charge is -2.37. The van der Waals surface area contributed by atoms with E-state index >= 15 is 0 Å². The van der Waals surface area contributed by atoms with Gasteiger partial charge in [-0.1, -0.05) is 25.1 Å². The van der Waals surface area contributed by atoms with Crippen molar-refractivity contribution in [1.82, 2.24) is 4.90 Å². The second kappa shape index (κ2) is 6.21. The molecule has 18 heavy (non-hydrogen) atoms. The van der Waals surface area contributed by atoms with Crippen LogP contribution in [0, 0.1) is 0 Å². The van der Waals surface area contributed by atoms with Crippen LogP contribution in [0.25, 0.3) is 0 Å². The molecule has 0 saturated carbocycles. The topological polar surface area (TPSA) is 26.7 Å². The number of aliphatic hydroxyl groups excluding tert-OH is 1. The number of hydrogen-bond acceptors (Lipinski definition) is 3. The predicted molar refractivity (Wildman–Crippen MR) is 76.2 cm³/mol.